The number of anilines is 1. The topological polar surface area (TPSA) is 67.4 Å². The smallest absolute Gasteiger partial charge is 0.407 e. The summed E-state index contributed by atoms with van der Waals surface area (Å²) in [5, 5.41) is 7.24. The molecule has 0 saturated carbocycles. The lowest BCUT2D eigenvalue weighted by Crippen LogP contribution is -2.22. The highest BCUT2D eigenvalue weighted by Gasteiger charge is 2.10. The number of carbonyl (C=O) groups is 2. The van der Waals surface area contributed by atoms with Gasteiger partial charge in [0.2, 0.25) is 0 Å². The number of amides is 2. The molecule has 3 rings (SSSR count). The number of benzene rings is 3. The lowest BCUT2D eigenvalue weighted by Gasteiger charge is -2.12. The van der Waals surface area contributed by atoms with Gasteiger partial charge in [0.25, 0.3) is 5.91 Å². The van der Waals surface area contributed by atoms with E-state index in [1.165, 1.54) is 31.4 Å². The summed E-state index contributed by atoms with van der Waals surface area (Å²) < 4.78 is 17.6. The second kappa shape index (κ2) is 7.65. The van der Waals surface area contributed by atoms with Gasteiger partial charge in [-0.25, -0.2) is 9.18 Å². The molecule has 0 aliphatic heterocycles. The van der Waals surface area contributed by atoms with Crippen molar-refractivity contribution in [3.8, 4) is 0 Å². The molecule has 132 valence electrons. The van der Waals surface area contributed by atoms with E-state index in [1.54, 1.807) is 6.07 Å². The number of fused-ring (bicyclic) bond motifs is 1. The van der Waals surface area contributed by atoms with E-state index in [0.717, 1.165) is 16.3 Å². The summed E-state index contributed by atoms with van der Waals surface area (Å²) in [6.45, 7) is 0.305. The lowest BCUT2D eigenvalue weighted by atomic mass is 10.0. The number of alkyl carbamates (subject to hydrolysis) is 1. The quantitative estimate of drug-likeness (QED) is 0.743. The molecule has 0 fully saturated rings. The Kier molecular flexibility index (Phi) is 5.12. The molecule has 0 bridgehead atoms. The zero-order valence-electron chi connectivity index (χ0n) is 14.1. The molecular weight excluding hydrogens is 335 g/mol. The fourth-order valence-electron chi connectivity index (χ4n) is 2.67. The van der Waals surface area contributed by atoms with Gasteiger partial charge in [-0.05, 0) is 41.3 Å². The zero-order valence-corrected chi connectivity index (χ0v) is 14.1. The third-order valence-corrected chi connectivity index (χ3v) is 3.98. The Bertz CT molecular complexity index is 955. The Morgan fingerprint density at radius 1 is 0.962 bits per heavy atom. The first-order chi connectivity index (χ1) is 12.6. The Hall–Kier alpha value is -3.41. The van der Waals surface area contributed by atoms with Gasteiger partial charge in [-0.2, -0.15) is 0 Å². The number of hydrogen-bond donors (Lipinski definition) is 2. The molecule has 0 spiro atoms. The molecule has 26 heavy (non-hydrogen) atoms. The molecule has 0 unspecified atom stereocenters. The summed E-state index contributed by atoms with van der Waals surface area (Å²) >= 11 is 0. The third kappa shape index (κ3) is 3.80. The molecule has 0 saturated heterocycles. The molecule has 0 aromatic heterocycles. The molecule has 0 aliphatic carbocycles. The molecule has 2 amide bonds. The maximum atomic E-state index is 13.0. The average Bonchev–Trinajstić information content (AvgIpc) is 2.66. The van der Waals surface area contributed by atoms with Gasteiger partial charge in [-0.15, -0.1) is 0 Å². The van der Waals surface area contributed by atoms with Crippen LogP contribution in [0.1, 0.15) is 15.9 Å². The maximum Gasteiger partial charge on any atom is 0.407 e. The van der Waals surface area contributed by atoms with Crippen molar-refractivity contribution < 1.29 is 18.7 Å². The maximum absolute atomic E-state index is 13.0. The van der Waals surface area contributed by atoms with Crippen molar-refractivity contribution in [2.75, 3.05) is 12.4 Å². The highest BCUT2D eigenvalue weighted by Crippen LogP contribution is 2.26. The summed E-state index contributed by atoms with van der Waals surface area (Å²) in [7, 11) is 1.31. The fourth-order valence-corrected chi connectivity index (χ4v) is 2.67. The SMILES string of the molecule is COC(=O)NCc1cccc2c(NC(=O)c3ccc(F)cc3)cccc12. The molecule has 5 nitrogen and oxygen atoms in total. The van der Waals surface area contributed by atoms with Crippen LogP contribution in [-0.4, -0.2) is 19.1 Å². The first-order valence-corrected chi connectivity index (χ1v) is 7.98. The molecule has 0 atom stereocenters. The predicted octanol–water partition coefficient (Wildman–Crippen LogP) is 4.09. The molecule has 0 radical (unpaired) electrons. The van der Waals surface area contributed by atoms with Crippen molar-refractivity contribution in [3.05, 3.63) is 77.6 Å². The second-order valence-electron chi connectivity index (χ2n) is 5.62. The van der Waals surface area contributed by atoms with Crippen LogP contribution in [0.2, 0.25) is 0 Å². The van der Waals surface area contributed by atoms with Crippen LogP contribution in [0, 0.1) is 5.82 Å². The van der Waals surface area contributed by atoms with Gasteiger partial charge in [0.1, 0.15) is 5.82 Å². The van der Waals surface area contributed by atoms with Gasteiger partial charge < -0.3 is 15.4 Å². The Balaban J connectivity index is 1.88. The number of rotatable bonds is 4. The average molecular weight is 352 g/mol. The standard InChI is InChI=1S/C20H17FN2O3/c1-26-20(25)22-12-14-4-2-6-17-16(14)5-3-7-18(17)23-19(24)13-8-10-15(21)11-9-13/h2-11H,12H2,1H3,(H,22,25)(H,23,24). The predicted molar refractivity (Wildman–Crippen MR) is 97.5 cm³/mol. The van der Waals surface area contributed by atoms with Crippen LogP contribution in [0.25, 0.3) is 10.8 Å². The minimum atomic E-state index is -0.511. The molecule has 3 aromatic carbocycles. The van der Waals surface area contributed by atoms with E-state index in [-0.39, 0.29) is 5.91 Å². The number of nitrogens with one attached hydrogen (secondary N) is 2. The van der Waals surface area contributed by atoms with Crippen molar-refractivity contribution in [1.29, 1.82) is 0 Å². The zero-order chi connectivity index (χ0) is 18.5. The summed E-state index contributed by atoms with van der Waals surface area (Å²) in [5.41, 5.74) is 1.90. The van der Waals surface area contributed by atoms with Gasteiger partial charge in [0.05, 0.1) is 7.11 Å². The largest absolute Gasteiger partial charge is 0.453 e. The van der Waals surface area contributed by atoms with Crippen LogP contribution < -0.4 is 10.6 Å². The highest BCUT2D eigenvalue weighted by atomic mass is 19.1. The summed E-state index contributed by atoms with van der Waals surface area (Å²) in [6.07, 6.45) is -0.511. The lowest BCUT2D eigenvalue weighted by molar-refractivity contribution is 0.102. The van der Waals surface area contributed by atoms with Gasteiger partial charge in [0, 0.05) is 23.2 Å². The summed E-state index contributed by atoms with van der Waals surface area (Å²) in [5.74, 6) is -0.718. The van der Waals surface area contributed by atoms with Crippen molar-refractivity contribution in [3.63, 3.8) is 0 Å². The molecule has 6 heteroatoms. The molecule has 0 heterocycles. The van der Waals surface area contributed by atoms with Crippen molar-refractivity contribution in [2.24, 2.45) is 0 Å². The van der Waals surface area contributed by atoms with E-state index < -0.39 is 11.9 Å². The Morgan fingerprint density at radius 2 is 1.65 bits per heavy atom. The monoisotopic (exact) mass is 352 g/mol. The van der Waals surface area contributed by atoms with E-state index in [2.05, 4.69) is 15.4 Å². The number of halogens is 1. The van der Waals surface area contributed by atoms with E-state index in [1.807, 2.05) is 30.3 Å². The van der Waals surface area contributed by atoms with Crippen molar-refractivity contribution in [2.45, 2.75) is 6.54 Å². The van der Waals surface area contributed by atoms with Crippen LogP contribution in [0.4, 0.5) is 14.9 Å². The molecule has 2 N–H and O–H groups in total. The Morgan fingerprint density at radius 3 is 2.38 bits per heavy atom. The van der Waals surface area contributed by atoms with Crippen molar-refractivity contribution >= 4 is 28.5 Å². The molecular formula is C20H17FN2O3. The molecule has 0 aliphatic rings. The van der Waals surface area contributed by atoms with E-state index in [0.29, 0.717) is 17.8 Å². The number of ether oxygens (including phenoxy) is 1. The normalized spacial score (nSPS) is 10.4. The van der Waals surface area contributed by atoms with E-state index in [4.69, 9.17) is 0 Å². The van der Waals surface area contributed by atoms with Gasteiger partial charge in [-0.1, -0.05) is 30.3 Å². The van der Waals surface area contributed by atoms with Gasteiger partial charge in [-0.3, -0.25) is 4.79 Å². The number of methoxy groups -OCH3 is 1. The summed E-state index contributed by atoms with van der Waals surface area (Å²) in [6, 6.07) is 16.5. The third-order valence-electron chi connectivity index (χ3n) is 3.98. The highest BCUT2D eigenvalue weighted by molar-refractivity contribution is 6.09. The van der Waals surface area contributed by atoms with Crippen LogP contribution in [0.3, 0.4) is 0 Å². The summed E-state index contributed by atoms with van der Waals surface area (Å²) in [4.78, 5) is 23.7. The fraction of sp³-hybridized carbons (Fsp3) is 0.100. The number of hydrogen-bond acceptors (Lipinski definition) is 3. The van der Waals surface area contributed by atoms with E-state index in [9.17, 15) is 14.0 Å². The number of carbonyl (C=O) groups excluding carboxylic acids is 2. The van der Waals surface area contributed by atoms with Crippen LogP contribution in [0.15, 0.2) is 60.7 Å². The van der Waals surface area contributed by atoms with Crippen LogP contribution in [-0.2, 0) is 11.3 Å². The van der Waals surface area contributed by atoms with Gasteiger partial charge in [0.15, 0.2) is 0 Å². The van der Waals surface area contributed by atoms with Crippen molar-refractivity contribution in [1.82, 2.24) is 5.32 Å². The van der Waals surface area contributed by atoms with E-state index >= 15 is 0 Å². The first kappa shape index (κ1) is 17.4. The van der Waals surface area contributed by atoms with Crippen LogP contribution in [0.5, 0.6) is 0 Å². The first-order valence-electron chi connectivity index (χ1n) is 7.98. The van der Waals surface area contributed by atoms with Crippen LogP contribution >= 0.6 is 0 Å². The second-order valence-corrected chi connectivity index (χ2v) is 5.62. The minimum Gasteiger partial charge on any atom is -0.453 e. The minimum absolute atomic E-state index is 0.305. The Labute approximate surface area is 149 Å². The molecule has 3 aromatic rings. The van der Waals surface area contributed by atoms with Gasteiger partial charge >= 0.3 is 6.09 Å².